The number of aryl methyl sites for hydroxylation is 1. The molecule has 0 spiro atoms. The smallest absolute Gasteiger partial charge is 0.359 e. The zero-order valence-corrected chi connectivity index (χ0v) is 15.5. The highest BCUT2D eigenvalue weighted by molar-refractivity contribution is 5.97. The Bertz CT molecular complexity index is 959. The average molecular weight is 377 g/mol. The van der Waals surface area contributed by atoms with Crippen LogP contribution in [0.3, 0.4) is 0 Å². The third-order valence-electron chi connectivity index (χ3n) is 3.89. The molecule has 0 saturated heterocycles. The Balaban J connectivity index is 1.83. The van der Waals surface area contributed by atoms with Crippen molar-refractivity contribution < 1.29 is 19.1 Å². The van der Waals surface area contributed by atoms with Crippen LogP contribution in [-0.4, -0.2) is 29.0 Å². The van der Waals surface area contributed by atoms with Crippen molar-refractivity contribution in [3.8, 4) is 5.75 Å². The lowest BCUT2D eigenvalue weighted by Crippen LogP contribution is -2.26. The molecule has 1 amide bonds. The Morgan fingerprint density at radius 2 is 1.79 bits per heavy atom. The minimum atomic E-state index is -1.15. The fraction of sp³-hybridized carbons (Fsp3) is 0.143. The van der Waals surface area contributed by atoms with Crippen molar-refractivity contribution in [2.24, 2.45) is 0 Å². The van der Waals surface area contributed by atoms with Gasteiger partial charge in [0.15, 0.2) is 5.69 Å². The minimum absolute atomic E-state index is 0.0284. The van der Waals surface area contributed by atoms with E-state index in [-0.39, 0.29) is 5.69 Å². The van der Waals surface area contributed by atoms with Gasteiger partial charge in [-0.05, 0) is 19.1 Å². The maximum atomic E-state index is 12.9. The van der Waals surface area contributed by atoms with Gasteiger partial charge in [0.05, 0.1) is 19.0 Å². The second-order valence-corrected chi connectivity index (χ2v) is 5.96. The molecule has 3 aromatic rings. The van der Waals surface area contributed by atoms with Crippen molar-refractivity contribution in [1.29, 1.82) is 0 Å². The largest absolute Gasteiger partial charge is 0.497 e. The van der Waals surface area contributed by atoms with E-state index in [1.54, 1.807) is 55.5 Å². The highest BCUT2D eigenvalue weighted by Crippen LogP contribution is 2.23. The first-order chi connectivity index (χ1) is 13.6. The van der Waals surface area contributed by atoms with Gasteiger partial charge in [-0.3, -0.25) is 9.78 Å². The molecule has 0 unspecified atom stereocenters. The van der Waals surface area contributed by atoms with Gasteiger partial charge in [-0.1, -0.05) is 36.4 Å². The van der Waals surface area contributed by atoms with Crippen LogP contribution >= 0.6 is 0 Å². The van der Waals surface area contributed by atoms with Crippen LogP contribution in [0, 0.1) is 6.92 Å². The van der Waals surface area contributed by atoms with Crippen molar-refractivity contribution in [3.05, 3.63) is 83.9 Å². The first-order valence-electron chi connectivity index (χ1n) is 8.56. The maximum Gasteiger partial charge on any atom is 0.359 e. The Kier molecular flexibility index (Phi) is 5.96. The summed E-state index contributed by atoms with van der Waals surface area (Å²) in [5, 5.41) is 2.75. The van der Waals surface area contributed by atoms with Gasteiger partial charge in [0.1, 0.15) is 5.75 Å². The SMILES string of the molecule is COc1cccc(NC(=O)[C@@H](OC(=O)c2cnc(C)cn2)c2ccccc2)c1. The molecule has 0 saturated carbocycles. The van der Waals surface area contributed by atoms with Crippen molar-refractivity contribution in [1.82, 2.24) is 9.97 Å². The number of carbonyl (C=O) groups is 2. The molecular formula is C21H19N3O4. The molecule has 7 heteroatoms. The molecule has 0 radical (unpaired) electrons. The number of benzene rings is 2. The van der Waals surface area contributed by atoms with Crippen LogP contribution in [0.5, 0.6) is 5.75 Å². The lowest BCUT2D eigenvalue weighted by molar-refractivity contribution is -0.125. The molecule has 3 rings (SSSR count). The molecule has 1 atom stereocenters. The number of methoxy groups -OCH3 is 1. The number of hydrogen-bond donors (Lipinski definition) is 1. The van der Waals surface area contributed by atoms with E-state index >= 15 is 0 Å². The van der Waals surface area contributed by atoms with E-state index in [0.29, 0.717) is 22.7 Å². The summed E-state index contributed by atoms with van der Waals surface area (Å²) in [4.78, 5) is 33.4. The van der Waals surface area contributed by atoms with Crippen molar-refractivity contribution in [2.45, 2.75) is 13.0 Å². The number of nitrogens with one attached hydrogen (secondary N) is 1. The number of esters is 1. The van der Waals surface area contributed by atoms with Crippen LogP contribution < -0.4 is 10.1 Å². The number of hydrogen-bond acceptors (Lipinski definition) is 6. The zero-order valence-electron chi connectivity index (χ0n) is 15.5. The van der Waals surface area contributed by atoms with Crippen LogP contribution in [-0.2, 0) is 9.53 Å². The van der Waals surface area contributed by atoms with Gasteiger partial charge in [0.2, 0.25) is 6.10 Å². The predicted molar refractivity (Wildman–Crippen MR) is 103 cm³/mol. The number of carbonyl (C=O) groups excluding carboxylic acids is 2. The average Bonchev–Trinajstić information content (AvgIpc) is 2.73. The molecule has 0 fully saturated rings. The van der Waals surface area contributed by atoms with Gasteiger partial charge < -0.3 is 14.8 Å². The Morgan fingerprint density at radius 1 is 1.00 bits per heavy atom. The Hall–Kier alpha value is -3.74. The topological polar surface area (TPSA) is 90.4 Å². The number of rotatable bonds is 6. The summed E-state index contributed by atoms with van der Waals surface area (Å²) in [7, 11) is 1.54. The third-order valence-corrected chi connectivity index (χ3v) is 3.89. The Labute approximate surface area is 162 Å². The van der Waals surface area contributed by atoms with E-state index in [1.165, 1.54) is 19.5 Å². The van der Waals surface area contributed by atoms with Crippen LogP contribution in [0.4, 0.5) is 5.69 Å². The molecule has 2 aromatic carbocycles. The molecule has 142 valence electrons. The molecule has 0 bridgehead atoms. The molecule has 1 heterocycles. The summed E-state index contributed by atoms with van der Waals surface area (Å²) < 4.78 is 10.6. The van der Waals surface area contributed by atoms with Gasteiger partial charge >= 0.3 is 5.97 Å². The van der Waals surface area contributed by atoms with Gasteiger partial charge in [-0.25, -0.2) is 9.78 Å². The fourth-order valence-electron chi connectivity index (χ4n) is 2.47. The van der Waals surface area contributed by atoms with Crippen LogP contribution in [0.25, 0.3) is 0 Å². The number of amides is 1. The van der Waals surface area contributed by atoms with E-state index in [4.69, 9.17) is 9.47 Å². The quantitative estimate of drug-likeness (QED) is 0.663. The van der Waals surface area contributed by atoms with Gasteiger partial charge in [0.25, 0.3) is 5.91 Å². The lowest BCUT2D eigenvalue weighted by Gasteiger charge is -2.18. The molecule has 1 aromatic heterocycles. The van der Waals surface area contributed by atoms with Crippen molar-refractivity contribution in [3.63, 3.8) is 0 Å². The standard InChI is InChI=1S/C21H19N3O4/c1-14-12-23-18(13-22-14)21(26)28-19(15-7-4-3-5-8-15)20(25)24-16-9-6-10-17(11-16)27-2/h3-13,19H,1-2H3,(H,24,25)/t19-/m0/s1. The lowest BCUT2D eigenvalue weighted by atomic mass is 10.1. The summed E-state index contributed by atoms with van der Waals surface area (Å²) >= 11 is 0. The highest BCUT2D eigenvalue weighted by atomic mass is 16.5. The summed E-state index contributed by atoms with van der Waals surface area (Å²) in [6.07, 6.45) is 1.63. The van der Waals surface area contributed by atoms with Crippen LogP contribution in [0.2, 0.25) is 0 Å². The van der Waals surface area contributed by atoms with Gasteiger partial charge in [-0.15, -0.1) is 0 Å². The molecule has 0 aliphatic heterocycles. The number of ether oxygens (including phenoxy) is 2. The summed E-state index contributed by atoms with van der Waals surface area (Å²) in [5.41, 5.74) is 1.76. The number of nitrogens with zero attached hydrogens (tertiary/aromatic N) is 2. The molecule has 1 N–H and O–H groups in total. The van der Waals surface area contributed by atoms with E-state index in [2.05, 4.69) is 15.3 Å². The van der Waals surface area contributed by atoms with Crippen molar-refractivity contribution >= 4 is 17.6 Å². The van der Waals surface area contributed by atoms with E-state index in [1.807, 2.05) is 6.07 Å². The Morgan fingerprint density at radius 3 is 2.46 bits per heavy atom. The number of aromatic nitrogens is 2. The second-order valence-electron chi connectivity index (χ2n) is 5.96. The third kappa shape index (κ3) is 4.70. The predicted octanol–water partition coefficient (Wildman–Crippen LogP) is 3.33. The van der Waals surface area contributed by atoms with E-state index in [9.17, 15) is 9.59 Å². The van der Waals surface area contributed by atoms with Gasteiger partial charge in [0, 0.05) is 23.5 Å². The van der Waals surface area contributed by atoms with E-state index in [0.717, 1.165) is 0 Å². The van der Waals surface area contributed by atoms with E-state index < -0.39 is 18.0 Å². The fourth-order valence-corrected chi connectivity index (χ4v) is 2.47. The monoisotopic (exact) mass is 377 g/mol. The van der Waals surface area contributed by atoms with Crippen LogP contribution in [0.1, 0.15) is 27.8 Å². The normalized spacial score (nSPS) is 11.4. The maximum absolute atomic E-state index is 12.9. The summed E-state index contributed by atoms with van der Waals surface area (Å²) in [5.74, 6) is -0.629. The minimum Gasteiger partial charge on any atom is -0.497 e. The van der Waals surface area contributed by atoms with Crippen LogP contribution in [0.15, 0.2) is 67.0 Å². The van der Waals surface area contributed by atoms with Gasteiger partial charge in [-0.2, -0.15) is 0 Å². The first kappa shape index (κ1) is 19.0. The first-order valence-corrected chi connectivity index (χ1v) is 8.56. The van der Waals surface area contributed by atoms with Crippen molar-refractivity contribution in [2.75, 3.05) is 12.4 Å². The highest BCUT2D eigenvalue weighted by Gasteiger charge is 2.26. The molecule has 28 heavy (non-hydrogen) atoms. The second kappa shape index (κ2) is 8.77. The summed E-state index contributed by atoms with van der Waals surface area (Å²) in [6, 6.07) is 15.7. The molecule has 0 aliphatic carbocycles. The summed E-state index contributed by atoms with van der Waals surface area (Å²) in [6.45, 7) is 1.76. The molecule has 0 aliphatic rings. The zero-order chi connectivity index (χ0) is 19.9. The number of anilines is 1. The molecular weight excluding hydrogens is 358 g/mol. The molecule has 7 nitrogen and oxygen atoms in total.